The number of pyridine rings is 1. The molecule has 0 aliphatic carbocycles. The van der Waals surface area contributed by atoms with Crippen LogP contribution in [0.5, 0.6) is 0 Å². The van der Waals surface area contributed by atoms with E-state index >= 15 is 0 Å². The molecule has 2 aromatic heterocycles. The van der Waals surface area contributed by atoms with Gasteiger partial charge in [0.1, 0.15) is 5.82 Å². The van der Waals surface area contributed by atoms with E-state index in [1.807, 2.05) is 43.3 Å². The third-order valence-electron chi connectivity index (χ3n) is 3.90. The number of anilines is 1. The minimum atomic E-state index is -0.0559. The molecule has 0 saturated carbocycles. The number of thiazole rings is 1. The quantitative estimate of drug-likeness (QED) is 0.529. The van der Waals surface area contributed by atoms with Crippen LogP contribution in [0, 0.1) is 0 Å². The number of nitrogens with zero attached hydrogens (tertiary/aromatic N) is 2. The van der Waals surface area contributed by atoms with Gasteiger partial charge in [-0.05, 0) is 41.8 Å². The van der Waals surface area contributed by atoms with Crippen LogP contribution in [-0.2, 0) is 11.2 Å². The van der Waals surface area contributed by atoms with Gasteiger partial charge >= 0.3 is 0 Å². The van der Waals surface area contributed by atoms with Crippen LogP contribution in [0.1, 0.15) is 18.4 Å². The van der Waals surface area contributed by atoms with Gasteiger partial charge in [-0.2, -0.15) is 11.8 Å². The molecule has 140 valence electrons. The highest BCUT2D eigenvalue weighted by molar-refractivity contribution is 7.98. The van der Waals surface area contributed by atoms with Crippen molar-refractivity contribution in [3.63, 3.8) is 0 Å². The SMILES string of the molecule is CCC(=O)Nc1cc(-c2sc(CCSC)nc2-c2cccc(Cl)c2)ccn1. The molecule has 0 spiro atoms. The second kappa shape index (κ2) is 9.35. The molecule has 2 heterocycles. The predicted molar refractivity (Wildman–Crippen MR) is 117 cm³/mol. The number of thioether (sulfide) groups is 1. The fourth-order valence-electron chi connectivity index (χ4n) is 2.56. The summed E-state index contributed by atoms with van der Waals surface area (Å²) in [5, 5.41) is 4.59. The Morgan fingerprint density at radius 3 is 2.85 bits per heavy atom. The van der Waals surface area contributed by atoms with E-state index in [9.17, 15) is 4.79 Å². The van der Waals surface area contributed by atoms with Gasteiger partial charge in [-0.15, -0.1) is 11.3 Å². The lowest BCUT2D eigenvalue weighted by Gasteiger charge is -2.06. The summed E-state index contributed by atoms with van der Waals surface area (Å²) < 4.78 is 0. The Bertz CT molecular complexity index is 942. The first kappa shape index (κ1) is 19.9. The molecule has 0 saturated heterocycles. The third kappa shape index (κ3) is 5.09. The molecule has 27 heavy (non-hydrogen) atoms. The van der Waals surface area contributed by atoms with Crippen molar-refractivity contribution in [1.29, 1.82) is 0 Å². The summed E-state index contributed by atoms with van der Waals surface area (Å²) in [6.45, 7) is 1.82. The first-order valence-corrected chi connectivity index (χ1v) is 11.2. The van der Waals surface area contributed by atoms with Gasteiger partial charge in [0.05, 0.1) is 15.6 Å². The Morgan fingerprint density at radius 1 is 1.26 bits per heavy atom. The highest BCUT2D eigenvalue weighted by atomic mass is 35.5. The van der Waals surface area contributed by atoms with Gasteiger partial charge in [-0.1, -0.05) is 30.7 Å². The van der Waals surface area contributed by atoms with Crippen LogP contribution in [-0.4, -0.2) is 27.9 Å². The molecule has 0 fully saturated rings. The van der Waals surface area contributed by atoms with Gasteiger partial charge in [-0.25, -0.2) is 9.97 Å². The van der Waals surface area contributed by atoms with E-state index in [4.69, 9.17) is 16.6 Å². The van der Waals surface area contributed by atoms with Crippen LogP contribution >= 0.6 is 34.7 Å². The molecular weight excluding hydrogens is 398 g/mol. The maximum absolute atomic E-state index is 11.7. The molecule has 0 atom stereocenters. The van der Waals surface area contributed by atoms with Crippen LogP contribution < -0.4 is 5.32 Å². The lowest BCUT2D eigenvalue weighted by atomic mass is 10.1. The number of hydrogen-bond acceptors (Lipinski definition) is 5. The van der Waals surface area contributed by atoms with E-state index in [1.54, 1.807) is 29.3 Å². The molecule has 7 heteroatoms. The summed E-state index contributed by atoms with van der Waals surface area (Å²) in [5.41, 5.74) is 2.89. The molecule has 3 aromatic rings. The Kier molecular flexibility index (Phi) is 6.88. The van der Waals surface area contributed by atoms with Crippen LogP contribution in [0.15, 0.2) is 42.6 Å². The van der Waals surface area contributed by atoms with E-state index in [1.165, 1.54) is 0 Å². The summed E-state index contributed by atoms with van der Waals surface area (Å²) in [7, 11) is 0. The monoisotopic (exact) mass is 417 g/mol. The number of carbonyl (C=O) groups is 1. The molecule has 0 aliphatic rings. The molecule has 0 aliphatic heterocycles. The molecule has 1 amide bonds. The fourth-order valence-corrected chi connectivity index (χ4v) is 4.36. The molecule has 1 N–H and O–H groups in total. The summed E-state index contributed by atoms with van der Waals surface area (Å²) in [5.74, 6) is 1.52. The molecule has 0 unspecified atom stereocenters. The van der Waals surface area contributed by atoms with Crippen LogP contribution in [0.3, 0.4) is 0 Å². The number of rotatable bonds is 7. The average molecular weight is 418 g/mol. The molecular formula is C20H20ClN3OS2. The van der Waals surface area contributed by atoms with Gasteiger partial charge in [-0.3, -0.25) is 4.79 Å². The Labute approximate surface area is 172 Å². The van der Waals surface area contributed by atoms with E-state index in [0.717, 1.165) is 38.9 Å². The normalized spacial score (nSPS) is 10.8. The second-order valence-corrected chi connectivity index (χ2v) is 8.38. The Hall–Kier alpha value is -1.89. The van der Waals surface area contributed by atoms with Crippen molar-refractivity contribution in [3.8, 4) is 21.7 Å². The zero-order valence-corrected chi connectivity index (χ0v) is 17.5. The Morgan fingerprint density at radius 2 is 2.11 bits per heavy atom. The summed E-state index contributed by atoms with van der Waals surface area (Å²) in [6.07, 6.45) is 5.14. The van der Waals surface area contributed by atoms with Crippen LogP contribution in [0.25, 0.3) is 21.7 Å². The second-order valence-electron chi connectivity index (χ2n) is 5.87. The smallest absolute Gasteiger partial charge is 0.225 e. The van der Waals surface area contributed by atoms with Gasteiger partial charge < -0.3 is 5.32 Å². The van der Waals surface area contributed by atoms with Crippen molar-refractivity contribution in [2.24, 2.45) is 0 Å². The van der Waals surface area contributed by atoms with Crippen molar-refractivity contribution in [2.45, 2.75) is 19.8 Å². The molecule has 0 radical (unpaired) electrons. The standard InChI is InChI=1S/C20H20ClN3OS2/c1-3-17(25)23-16-12-14(7-9-22-16)20-19(13-5-4-6-15(21)11-13)24-18(27-20)8-10-26-2/h4-7,9,11-12H,3,8,10H2,1-2H3,(H,22,23,25). The molecule has 3 rings (SSSR count). The average Bonchev–Trinajstić information content (AvgIpc) is 3.11. The highest BCUT2D eigenvalue weighted by Crippen LogP contribution is 2.38. The minimum absolute atomic E-state index is 0.0559. The first-order valence-electron chi connectivity index (χ1n) is 8.61. The number of halogens is 1. The predicted octanol–water partition coefficient (Wildman–Crippen LogP) is 5.78. The highest BCUT2D eigenvalue weighted by Gasteiger charge is 2.16. The summed E-state index contributed by atoms with van der Waals surface area (Å²) in [4.78, 5) is 21.9. The number of aromatic nitrogens is 2. The Balaban J connectivity index is 2.04. The molecule has 1 aromatic carbocycles. The minimum Gasteiger partial charge on any atom is -0.311 e. The van der Waals surface area contributed by atoms with Gasteiger partial charge in [0.25, 0.3) is 0 Å². The van der Waals surface area contributed by atoms with E-state index in [0.29, 0.717) is 17.3 Å². The number of nitrogens with one attached hydrogen (secondary N) is 1. The lowest BCUT2D eigenvalue weighted by molar-refractivity contribution is -0.115. The van der Waals surface area contributed by atoms with Crippen molar-refractivity contribution < 1.29 is 4.79 Å². The number of hydrogen-bond donors (Lipinski definition) is 1. The van der Waals surface area contributed by atoms with E-state index in [-0.39, 0.29) is 5.91 Å². The number of amides is 1. The lowest BCUT2D eigenvalue weighted by Crippen LogP contribution is -2.10. The molecule has 4 nitrogen and oxygen atoms in total. The van der Waals surface area contributed by atoms with Crippen molar-refractivity contribution in [1.82, 2.24) is 9.97 Å². The third-order valence-corrected chi connectivity index (χ3v) is 5.91. The van der Waals surface area contributed by atoms with Crippen molar-refractivity contribution in [2.75, 3.05) is 17.3 Å². The zero-order chi connectivity index (χ0) is 19.2. The topological polar surface area (TPSA) is 54.9 Å². The summed E-state index contributed by atoms with van der Waals surface area (Å²) >= 11 is 9.68. The van der Waals surface area contributed by atoms with Crippen LogP contribution in [0.4, 0.5) is 5.82 Å². The summed E-state index contributed by atoms with van der Waals surface area (Å²) in [6, 6.07) is 11.6. The largest absolute Gasteiger partial charge is 0.311 e. The van der Waals surface area contributed by atoms with Gasteiger partial charge in [0, 0.05) is 29.6 Å². The number of benzene rings is 1. The first-order chi connectivity index (χ1) is 13.1. The van der Waals surface area contributed by atoms with E-state index in [2.05, 4.69) is 16.6 Å². The molecule has 0 bridgehead atoms. The van der Waals surface area contributed by atoms with Gasteiger partial charge in [0.15, 0.2) is 0 Å². The van der Waals surface area contributed by atoms with Crippen LogP contribution in [0.2, 0.25) is 5.02 Å². The maximum atomic E-state index is 11.7. The maximum Gasteiger partial charge on any atom is 0.225 e. The number of carbonyl (C=O) groups excluding carboxylic acids is 1. The number of aryl methyl sites for hydroxylation is 1. The zero-order valence-electron chi connectivity index (χ0n) is 15.2. The van der Waals surface area contributed by atoms with Crippen molar-refractivity contribution >= 4 is 46.4 Å². The van der Waals surface area contributed by atoms with E-state index < -0.39 is 0 Å². The van der Waals surface area contributed by atoms with Crippen molar-refractivity contribution in [3.05, 3.63) is 52.6 Å². The fraction of sp³-hybridized carbons (Fsp3) is 0.250. The van der Waals surface area contributed by atoms with Gasteiger partial charge in [0.2, 0.25) is 5.91 Å².